The van der Waals surface area contributed by atoms with E-state index in [-0.39, 0.29) is 6.61 Å². The molecule has 15 heavy (non-hydrogen) atoms. The van der Waals surface area contributed by atoms with Crippen LogP contribution in [-0.2, 0) is 0 Å². The number of furan rings is 1. The quantitative estimate of drug-likeness (QED) is 0.802. The van der Waals surface area contributed by atoms with E-state index in [4.69, 9.17) is 9.52 Å². The molecule has 0 fully saturated rings. The lowest BCUT2D eigenvalue weighted by atomic mass is 9.84. The lowest BCUT2D eigenvalue weighted by molar-refractivity contribution is -0.00697. The molecule has 2 N–H and O–H groups in total. The molecule has 3 nitrogen and oxygen atoms in total. The molecule has 0 spiro atoms. The van der Waals surface area contributed by atoms with Crippen LogP contribution < -0.4 is 0 Å². The summed E-state index contributed by atoms with van der Waals surface area (Å²) in [6, 6.07) is 1.77. The number of allylic oxidation sites excluding steroid dienone is 1. The minimum Gasteiger partial charge on any atom is -0.466 e. The molecular formula is C12H18O3. The summed E-state index contributed by atoms with van der Waals surface area (Å²) in [5.74, 6) is 0.474. The van der Waals surface area contributed by atoms with Gasteiger partial charge in [-0.2, -0.15) is 0 Å². The van der Waals surface area contributed by atoms with Crippen LogP contribution in [0.5, 0.6) is 0 Å². The predicted octanol–water partition coefficient (Wildman–Crippen LogP) is 2.36. The lowest BCUT2D eigenvalue weighted by Crippen LogP contribution is -2.26. The molecule has 1 rings (SSSR count). The molecule has 0 aliphatic rings. The molecule has 3 heteroatoms. The molecule has 0 aliphatic carbocycles. The van der Waals surface area contributed by atoms with Crippen LogP contribution in [0.25, 0.3) is 5.57 Å². The van der Waals surface area contributed by atoms with Crippen molar-refractivity contribution in [3.8, 4) is 0 Å². The van der Waals surface area contributed by atoms with Gasteiger partial charge >= 0.3 is 0 Å². The maximum Gasteiger partial charge on any atom is 0.140 e. The topological polar surface area (TPSA) is 53.6 Å². The third kappa shape index (κ3) is 2.30. The first-order chi connectivity index (χ1) is 6.90. The van der Waals surface area contributed by atoms with E-state index in [0.717, 1.165) is 11.1 Å². The Kier molecular flexibility index (Phi) is 3.37. The van der Waals surface area contributed by atoms with Gasteiger partial charge in [-0.1, -0.05) is 20.4 Å². The average molecular weight is 210 g/mol. The second-order valence-corrected chi connectivity index (χ2v) is 4.53. The van der Waals surface area contributed by atoms with Crippen molar-refractivity contribution in [2.24, 2.45) is 5.41 Å². The molecule has 0 unspecified atom stereocenters. The second kappa shape index (κ2) is 4.21. The van der Waals surface area contributed by atoms with Crippen LogP contribution in [0.15, 0.2) is 23.3 Å². The Hall–Kier alpha value is -1.06. The fourth-order valence-electron chi connectivity index (χ4n) is 1.33. The van der Waals surface area contributed by atoms with Crippen molar-refractivity contribution >= 4 is 5.57 Å². The average Bonchev–Trinajstić information content (AvgIpc) is 2.64. The molecule has 0 aliphatic heterocycles. The van der Waals surface area contributed by atoms with Crippen LogP contribution in [0.3, 0.4) is 0 Å². The zero-order chi connectivity index (χ0) is 11.6. The van der Waals surface area contributed by atoms with E-state index in [2.05, 4.69) is 6.58 Å². The Labute approximate surface area is 90.0 Å². The maximum absolute atomic E-state index is 10.1. The van der Waals surface area contributed by atoms with Crippen molar-refractivity contribution in [3.63, 3.8) is 0 Å². The zero-order valence-electron chi connectivity index (χ0n) is 9.45. The monoisotopic (exact) mass is 210 g/mol. The highest BCUT2D eigenvalue weighted by Gasteiger charge is 2.32. The maximum atomic E-state index is 10.1. The van der Waals surface area contributed by atoms with E-state index >= 15 is 0 Å². The molecule has 1 aromatic heterocycles. The molecule has 0 radical (unpaired) electrons. The highest BCUT2D eigenvalue weighted by Crippen LogP contribution is 2.36. The van der Waals surface area contributed by atoms with E-state index in [1.54, 1.807) is 19.9 Å². The SMILES string of the molecule is C=C(C)c1ccoc1[C@H](O)C(C)(C)CO. The summed E-state index contributed by atoms with van der Waals surface area (Å²) in [6.45, 7) is 9.12. The molecule has 1 atom stereocenters. The van der Waals surface area contributed by atoms with Crippen LogP contribution in [-0.4, -0.2) is 16.8 Å². The van der Waals surface area contributed by atoms with Gasteiger partial charge in [0.1, 0.15) is 11.9 Å². The van der Waals surface area contributed by atoms with Gasteiger partial charge in [0.2, 0.25) is 0 Å². The van der Waals surface area contributed by atoms with Crippen molar-refractivity contribution in [2.75, 3.05) is 6.61 Å². The standard InChI is InChI=1S/C12H18O3/c1-8(2)9-5-6-15-10(9)11(14)12(3,4)7-13/h5-6,11,13-14H,1,7H2,2-4H3/t11-/m0/s1. The number of rotatable bonds is 4. The largest absolute Gasteiger partial charge is 0.466 e. The van der Waals surface area contributed by atoms with Crippen LogP contribution >= 0.6 is 0 Å². The van der Waals surface area contributed by atoms with Crippen LogP contribution in [0.1, 0.15) is 38.2 Å². The minimum absolute atomic E-state index is 0.107. The van der Waals surface area contributed by atoms with Gasteiger partial charge < -0.3 is 14.6 Å². The zero-order valence-corrected chi connectivity index (χ0v) is 9.45. The normalized spacial score (nSPS) is 13.9. The number of hydrogen-bond acceptors (Lipinski definition) is 3. The van der Waals surface area contributed by atoms with Crippen LogP contribution in [0.2, 0.25) is 0 Å². The summed E-state index contributed by atoms with van der Waals surface area (Å²) >= 11 is 0. The first-order valence-corrected chi connectivity index (χ1v) is 4.92. The van der Waals surface area contributed by atoms with E-state index in [9.17, 15) is 5.11 Å². The highest BCUT2D eigenvalue weighted by atomic mass is 16.4. The van der Waals surface area contributed by atoms with Crippen molar-refractivity contribution in [3.05, 3.63) is 30.2 Å². The predicted molar refractivity (Wildman–Crippen MR) is 59.2 cm³/mol. The molecule has 0 bridgehead atoms. The van der Waals surface area contributed by atoms with Gasteiger partial charge in [0.05, 0.1) is 12.9 Å². The van der Waals surface area contributed by atoms with Gasteiger partial charge in [-0.25, -0.2) is 0 Å². The molecule has 1 heterocycles. The third-order valence-electron chi connectivity index (χ3n) is 2.55. The smallest absolute Gasteiger partial charge is 0.140 e. The fourth-order valence-corrected chi connectivity index (χ4v) is 1.33. The number of aliphatic hydroxyl groups excluding tert-OH is 2. The molecule has 0 aromatic carbocycles. The van der Waals surface area contributed by atoms with E-state index in [1.807, 2.05) is 6.92 Å². The van der Waals surface area contributed by atoms with Gasteiger partial charge in [-0.15, -0.1) is 0 Å². The Balaban J connectivity index is 3.06. The third-order valence-corrected chi connectivity index (χ3v) is 2.55. The van der Waals surface area contributed by atoms with Gasteiger partial charge in [-0.3, -0.25) is 0 Å². The Bertz CT molecular complexity index is 350. The molecule has 0 amide bonds. The summed E-state index contributed by atoms with van der Waals surface area (Å²) in [7, 11) is 0. The van der Waals surface area contributed by atoms with Crippen molar-refractivity contribution in [1.82, 2.24) is 0 Å². The molecular weight excluding hydrogens is 192 g/mol. The Morgan fingerprint density at radius 2 is 2.20 bits per heavy atom. The Morgan fingerprint density at radius 3 is 2.67 bits per heavy atom. The summed E-state index contributed by atoms with van der Waals surface area (Å²) in [5.41, 5.74) is 1.03. The first-order valence-electron chi connectivity index (χ1n) is 4.92. The van der Waals surface area contributed by atoms with Gasteiger partial charge in [0.15, 0.2) is 0 Å². The van der Waals surface area contributed by atoms with Crippen LogP contribution in [0, 0.1) is 5.41 Å². The first kappa shape index (κ1) is 12.0. The Morgan fingerprint density at radius 1 is 1.60 bits per heavy atom. The summed E-state index contributed by atoms with van der Waals surface area (Å²) in [6.07, 6.45) is 0.694. The minimum atomic E-state index is -0.829. The highest BCUT2D eigenvalue weighted by molar-refractivity contribution is 5.63. The van der Waals surface area contributed by atoms with Crippen LogP contribution in [0.4, 0.5) is 0 Å². The summed E-state index contributed by atoms with van der Waals surface area (Å²) < 4.78 is 5.25. The van der Waals surface area contributed by atoms with Gasteiger partial charge in [0.25, 0.3) is 0 Å². The molecule has 1 aromatic rings. The summed E-state index contributed by atoms with van der Waals surface area (Å²) in [5, 5.41) is 19.2. The van der Waals surface area contributed by atoms with E-state index in [0.29, 0.717) is 5.76 Å². The molecule has 0 saturated carbocycles. The number of aliphatic hydroxyl groups is 2. The van der Waals surface area contributed by atoms with E-state index in [1.165, 1.54) is 6.26 Å². The van der Waals surface area contributed by atoms with Crippen molar-refractivity contribution < 1.29 is 14.6 Å². The second-order valence-electron chi connectivity index (χ2n) is 4.53. The number of hydrogen-bond donors (Lipinski definition) is 2. The lowest BCUT2D eigenvalue weighted by Gasteiger charge is -2.27. The van der Waals surface area contributed by atoms with E-state index < -0.39 is 11.5 Å². The van der Waals surface area contributed by atoms with Gasteiger partial charge in [0, 0.05) is 11.0 Å². The van der Waals surface area contributed by atoms with Crippen molar-refractivity contribution in [1.29, 1.82) is 0 Å². The molecule has 84 valence electrons. The fraction of sp³-hybridized carbons (Fsp3) is 0.500. The molecule has 0 saturated heterocycles. The van der Waals surface area contributed by atoms with Gasteiger partial charge in [-0.05, 0) is 18.6 Å². The van der Waals surface area contributed by atoms with Crippen molar-refractivity contribution in [2.45, 2.75) is 26.9 Å². The summed E-state index contributed by atoms with van der Waals surface area (Å²) in [4.78, 5) is 0.